The van der Waals surface area contributed by atoms with Crippen LogP contribution in [0.1, 0.15) is 12.0 Å². The summed E-state index contributed by atoms with van der Waals surface area (Å²) in [4.78, 5) is 0. The normalized spacial score (nSPS) is 20.0. The molecule has 1 saturated heterocycles. The van der Waals surface area contributed by atoms with Gasteiger partial charge in [-0.15, -0.1) is 11.6 Å². The standard InChI is InChI=1S/C12H14ClFO2/c13-6-10-3-11(14)5-12(4-10)16-8-9-1-2-15-7-9/h3-5,9H,1-2,6-8H2. The van der Waals surface area contributed by atoms with Gasteiger partial charge in [0.25, 0.3) is 0 Å². The van der Waals surface area contributed by atoms with Crippen LogP contribution < -0.4 is 4.74 Å². The molecule has 16 heavy (non-hydrogen) atoms. The fourth-order valence-electron chi connectivity index (χ4n) is 1.71. The molecular weight excluding hydrogens is 231 g/mol. The molecule has 0 saturated carbocycles. The molecule has 0 bridgehead atoms. The predicted molar refractivity (Wildman–Crippen MR) is 60.4 cm³/mol. The first kappa shape index (κ1) is 11.7. The van der Waals surface area contributed by atoms with Crippen LogP contribution in [-0.4, -0.2) is 19.8 Å². The van der Waals surface area contributed by atoms with Crippen LogP contribution in [0.15, 0.2) is 18.2 Å². The van der Waals surface area contributed by atoms with Crippen molar-refractivity contribution in [2.24, 2.45) is 5.92 Å². The van der Waals surface area contributed by atoms with Crippen LogP contribution in [0.25, 0.3) is 0 Å². The topological polar surface area (TPSA) is 18.5 Å². The number of ether oxygens (including phenoxy) is 2. The van der Waals surface area contributed by atoms with E-state index in [0.717, 1.165) is 25.2 Å². The van der Waals surface area contributed by atoms with Crippen molar-refractivity contribution in [3.63, 3.8) is 0 Å². The van der Waals surface area contributed by atoms with Crippen molar-refractivity contribution in [3.8, 4) is 5.75 Å². The van der Waals surface area contributed by atoms with Gasteiger partial charge in [0, 0.05) is 24.5 Å². The van der Waals surface area contributed by atoms with Gasteiger partial charge in [0.05, 0.1) is 13.2 Å². The number of hydrogen-bond acceptors (Lipinski definition) is 2. The Hall–Kier alpha value is -0.800. The Labute approximate surface area is 99.3 Å². The third-order valence-electron chi connectivity index (χ3n) is 2.60. The molecule has 1 atom stereocenters. The second-order valence-electron chi connectivity index (χ2n) is 3.97. The van der Waals surface area contributed by atoms with Crippen LogP contribution in [-0.2, 0) is 10.6 Å². The van der Waals surface area contributed by atoms with E-state index in [2.05, 4.69) is 0 Å². The lowest BCUT2D eigenvalue weighted by atomic mass is 10.1. The minimum atomic E-state index is -0.309. The van der Waals surface area contributed by atoms with Crippen LogP contribution in [0.4, 0.5) is 4.39 Å². The van der Waals surface area contributed by atoms with Crippen LogP contribution >= 0.6 is 11.6 Å². The summed E-state index contributed by atoms with van der Waals surface area (Å²) in [5.74, 6) is 0.946. The van der Waals surface area contributed by atoms with E-state index < -0.39 is 0 Å². The molecule has 1 aliphatic heterocycles. The van der Waals surface area contributed by atoms with E-state index in [1.165, 1.54) is 12.1 Å². The Morgan fingerprint density at radius 1 is 1.44 bits per heavy atom. The van der Waals surface area contributed by atoms with E-state index in [0.29, 0.717) is 24.2 Å². The Morgan fingerprint density at radius 3 is 3.00 bits per heavy atom. The summed E-state index contributed by atoms with van der Waals surface area (Å²) in [7, 11) is 0. The maximum absolute atomic E-state index is 13.2. The van der Waals surface area contributed by atoms with Gasteiger partial charge >= 0.3 is 0 Å². The Morgan fingerprint density at radius 2 is 2.31 bits per heavy atom. The SMILES string of the molecule is Fc1cc(CCl)cc(OCC2CCOC2)c1. The predicted octanol–water partition coefficient (Wildman–Crippen LogP) is 2.98. The smallest absolute Gasteiger partial charge is 0.127 e. The van der Waals surface area contributed by atoms with E-state index in [9.17, 15) is 4.39 Å². The highest BCUT2D eigenvalue weighted by Gasteiger charge is 2.16. The molecule has 1 aromatic rings. The van der Waals surface area contributed by atoms with Crippen molar-refractivity contribution in [3.05, 3.63) is 29.6 Å². The number of rotatable bonds is 4. The summed E-state index contributed by atoms with van der Waals surface area (Å²) >= 11 is 5.66. The van der Waals surface area contributed by atoms with Crippen LogP contribution in [0.2, 0.25) is 0 Å². The van der Waals surface area contributed by atoms with Gasteiger partial charge in [-0.05, 0) is 24.1 Å². The maximum Gasteiger partial charge on any atom is 0.127 e. The van der Waals surface area contributed by atoms with Gasteiger partial charge in [0.1, 0.15) is 11.6 Å². The van der Waals surface area contributed by atoms with Crippen LogP contribution in [0.5, 0.6) is 5.75 Å². The Balaban J connectivity index is 1.94. The van der Waals surface area contributed by atoms with E-state index in [1.54, 1.807) is 6.07 Å². The highest BCUT2D eigenvalue weighted by atomic mass is 35.5. The second-order valence-corrected chi connectivity index (χ2v) is 4.24. The zero-order chi connectivity index (χ0) is 11.4. The second kappa shape index (κ2) is 5.51. The third kappa shape index (κ3) is 3.09. The van der Waals surface area contributed by atoms with Gasteiger partial charge in [0.15, 0.2) is 0 Å². The molecule has 0 amide bonds. The number of benzene rings is 1. The number of halogens is 2. The van der Waals surface area contributed by atoms with E-state index in [4.69, 9.17) is 21.1 Å². The van der Waals surface area contributed by atoms with Gasteiger partial charge in [-0.1, -0.05) is 0 Å². The summed E-state index contributed by atoms with van der Waals surface area (Å²) in [5, 5.41) is 0. The van der Waals surface area contributed by atoms with Gasteiger partial charge < -0.3 is 9.47 Å². The van der Waals surface area contributed by atoms with Gasteiger partial charge in [0.2, 0.25) is 0 Å². The highest BCUT2D eigenvalue weighted by Crippen LogP contribution is 2.20. The first-order chi connectivity index (χ1) is 7.78. The largest absolute Gasteiger partial charge is 0.493 e. The zero-order valence-corrected chi connectivity index (χ0v) is 9.67. The molecule has 1 fully saturated rings. The lowest BCUT2D eigenvalue weighted by molar-refractivity contribution is 0.167. The van der Waals surface area contributed by atoms with Crippen molar-refractivity contribution < 1.29 is 13.9 Å². The molecule has 2 rings (SSSR count). The molecule has 0 N–H and O–H groups in total. The first-order valence-corrected chi connectivity index (χ1v) is 5.87. The van der Waals surface area contributed by atoms with Crippen molar-refractivity contribution in [2.45, 2.75) is 12.3 Å². The summed E-state index contributed by atoms with van der Waals surface area (Å²) in [5.41, 5.74) is 0.735. The average molecular weight is 245 g/mol. The molecule has 1 aliphatic rings. The molecule has 2 nitrogen and oxygen atoms in total. The fourth-order valence-corrected chi connectivity index (χ4v) is 1.86. The Kier molecular flexibility index (Phi) is 4.02. The molecule has 0 radical (unpaired) electrons. The molecule has 4 heteroatoms. The van der Waals surface area contributed by atoms with Crippen LogP contribution in [0, 0.1) is 11.7 Å². The Bertz CT molecular complexity index is 351. The fraction of sp³-hybridized carbons (Fsp3) is 0.500. The molecule has 88 valence electrons. The summed E-state index contributed by atoms with van der Waals surface area (Å²) < 4.78 is 23.9. The molecular formula is C12H14ClFO2. The van der Waals surface area contributed by atoms with E-state index in [-0.39, 0.29) is 5.82 Å². The molecule has 0 aromatic heterocycles. The van der Waals surface area contributed by atoms with Crippen LogP contribution in [0.3, 0.4) is 0 Å². The summed E-state index contributed by atoms with van der Waals surface area (Å²) in [6.45, 7) is 2.10. The van der Waals surface area contributed by atoms with E-state index >= 15 is 0 Å². The third-order valence-corrected chi connectivity index (χ3v) is 2.90. The summed E-state index contributed by atoms with van der Waals surface area (Å²) in [6, 6.07) is 4.57. The van der Waals surface area contributed by atoms with Crippen molar-refractivity contribution in [2.75, 3.05) is 19.8 Å². The van der Waals surface area contributed by atoms with Gasteiger partial charge in [-0.3, -0.25) is 0 Å². The van der Waals surface area contributed by atoms with Crippen molar-refractivity contribution in [1.82, 2.24) is 0 Å². The zero-order valence-electron chi connectivity index (χ0n) is 8.92. The average Bonchev–Trinajstić information content (AvgIpc) is 2.78. The molecule has 0 aliphatic carbocycles. The molecule has 1 unspecified atom stereocenters. The monoisotopic (exact) mass is 244 g/mol. The maximum atomic E-state index is 13.2. The lowest BCUT2D eigenvalue weighted by Gasteiger charge is -2.11. The molecule has 1 heterocycles. The van der Waals surface area contributed by atoms with E-state index in [1.807, 2.05) is 0 Å². The highest BCUT2D eigenvalue weighted by molar-refractivity contribution is 6.17. The first-order valence-electron chi connectivity index (χ1n) is 5.34. The van der Waals surface area contributed by atoms with Crippen molar-refractivity contribution in [1.29, 1.82) is 0 Å². The quantitative estimate of drug-likeness (QED) is 0.758. The summed E-state index contributed by atoms with van der Waals surface area (Å²) in [6.07, 6.45) is 1.01. The molecule has 1 aromatic carbocycles. The minimum absolute atomic E-state index is 0.292. The molecule has 0 spiro atoms. The van der Waals surface area contributed by atoms with Gasteiger partial charge in [-0.25, -0.2) is 4.39 Å². The number of alkyl halides is 1. The van der Waals surface area contributed by atoms with Crippen molar-refractivity contribution >= 4 is 11.6 Å². The number of hydrogen-bond donors (Lipinski definition) is 0. The van der Waals surface area contributed by atoms with Gasteiger partial charge in [-0.2, -0.15) is 0 Å². The lowest BCUT2D eigenvalue weighted by Crippen LogP contribution is -2.11. The minimum Gasteiger partial charge on any atom is -0.493 e.